The summed E-state index contributed by atoms with van der Waals surface area (Å²) >= 11 is 4.64. The van der Waals surface area contributed by atoms with Crippen LogP contribution < -0.4 is 0 Å². The first-order valence-corrected chi connectivity index (χ1v) is 11.9. The van der Waals surface area contributed by atoms with Crippen molar-refractivity contribution in [3.63, 3.8) is 0 Å². The summed E-state index contributed by atoms with van der Waals surface area (Å²) in [6.45, 7) is 22.6. The van der Waals surface area contributed by atoms with Crippen molar-refractivity contribution in [2.45, 2.75) is 69.2 Å². The van der Waals surface area contributed by atoms with Crippen LogP contribution in [0.25, 0.3) is 11.6 Å². The van der Waals surface area contributed by atoms with Crippen LogP contribution in [0.15, 0.2) is 53.2 Å². The number of hydrogen-bond acceptors (Lipinski definition) is 2. The molecule has 0 radical (unpaired) electrons. The van der Waals surface area contributed by atoms with E-state index in [1.165, 1.54) is 45.3 Å². The molecule has 0 aromatic heterocycles. The van der Waals surface area contributed by atoms with Crippen LogP contribution in [0.5, 0.6) is 0 Å². The molecule has 3 heteroatoms. The quantitative estimate of drug-likeness (QED) is 0.194. The molecule has 0 heterocycles. The summed E-state index contributed by atoms with van der Waals surface area (Å²) < 4.78 is 0. The number of halogens is 1. The third kappa shape index (κ3) is 11.2. The Morgan fingerprint density at radius 1 is 0.844 bits per heavy atom. The minimum Gasteiger partial charge on any atom is -0.307 e. The molecule has 0 aliphatic heterocycles. The third-order valence-electron chi connectivity index (χ3n) is 4.55. The standard InChI is InChI=1S/C23H27N.2C2H6.CH3Cl.CH2O/c1-7-23(24-8-2)22(21-11-9-10-17(4)19(21)6)15-20-13-12-16(3)18(5)14-20;4*1-2/h7-15H,1-6H3;2*1-2H3;1H3;1H2/b22-15-,23-7-,24-8?;;;;. The Balaban J connectivity index is -0.000000945. The van der Waals surface area contributed by atoms with Gasteiger partial charge in [-0.15, -0.1) is 11.6 Å². The fourth-order valence-corrected chi connectivity index (χ4v) is 2.79. The summed E-state index contributed by atoms with van der Waals surface area (Å²) in [5.41, 5.74) is 9.85. The summed E-state index contributed by atoms with van der Waals surface area (Å²) in [7, 11) is 0. The number of carbonyl (C=O) groups excluding carboxylic acids is 1. The maximum atomic E-state index is 8.00. The zero-order chi connectivity index (χ0) is 25.7. The van der Waals surface area contributed by atoms with Crippen molar-refractivity contribution in [3.8, 4) is 0 Å². The topological polar surface area (TPSA) is 29.4 Å². The van der Waals surface area contributed by atoms with Crippen LogP contribution >= 0.6 is 11.6 Å². The molecule has 0 unspecified atom stereocenters. The predicted octanol–water partition coefficient (Wildman–Crippen LogP) is 9.18. The zero-order valence-corrected chi connectivity index (χ0v) is 22.9. The van der Waals surface area contributed by atoms with E-state index in [4.69, 9.17) is 4.79 Å². The molecule has 32 heavy (non-hydrogen) atoms. The number of carbonyl (C=O) groups is 1. The summed E-state index contributed by atoms with van der Waals surface area (Å²) in [5, 5.41) is 0. The van der Waals surface area contributed by atoms with E-state index < -0.39 is 0 Å². The lowest BCUT2D eigenvalue weighted by atomic mass is 9.93. The molecule has 178 valence electrons. The number of aliphatic imine (C=N–C) groups is 1. The van der Waals surface area contributed by atoms with Crippen LogP contribution in [-0.2, 0) is 4.79 Å². The van der Waals surface area contributed by atoms with Gasteiger partial charge in [0.25, 0.3) is 0 Å². The van der Waals surface area contributed by atoms with Gasteiger partial charge in [-0.1, -0.05) is 70.2 Å². The summed E-state index contributed by atoms with van der Waals surface area (Å²) in [4.78, 5) is 12.6. The van der Waals surface area contributed by atoms with Crippen molar-refractivity contribution in [1.82, 2.24) is 0 Å². The number of rotatable bonds is 4. The monoisotopic (exact) mass is 457 g/mol. The van der Waals surface area contributed by atoms with Gasteiger partial charge >= 0.3 is 0 Å². The average Bonchev–Trinajstić information content (AvgIpc) is 2.85. The zero-order valence-electron chi connectivity index (χ0n) is 22.1. The van der Waals surface area contributed by atoms with Crippen LogP contribution in [0.1, 0.15) is 74.9 Å². The number of benzene rings is 2. The Labute approximate surface area is 203 Å². The molecular formula is C29H44ClNO. The number of aryl methyl sites for hydroxylation is 3. The van der Waals surface area contributed by atoms with Crippen molar-refractivity contribution in [2.24, 2.45) is 4.99 Å². The molecule has 2 aromatic carbocycles. The van der Waals surface area contributed by atoms with Crippen molar-refractivity contribution >= 4 is 36.3 Å². The van der Waals surface area contributed by atoms with Crippen molar-refractivity contribution in [3.05, 3.63) is 81.6 Å². The smallest absolute Gasteiger partial charge is 0.106 e. The highest BCUT2D eigenvalue weighted by Crippen LogP contribution is 2.30. The van der Waals surface area contributed by atoms with Gasteiger partial charge in [-0.2, -0.15) is 0 Å². The lowest BCUT2D eigenvalue weighted by Crippen LogP contribution is -1.95. The Bertz CT molecular complexity index is 848. The number of nitrogens with zero attached hydrogens (tertiary/aromatic N) is 1. The highest BCUT2D eigenvalue weighted by atomic mass is 35.5. The first kappa shape index (κ1) is 34.2. The van der Waals surface area contributed by atoms with Crippen LogP contribution in [-0.4, -0.2) is 19.4 Å². The first-order valence-electron chi connectivity index (χ1n) is 11.2. The molecule has 0 atom stereocenters. The van der Waals surface area contributed by atoms with Gasteiger partial charge in [0.05, 0.1) is 5.70 Å². The number of alkyl halides is 1. The van der Waals surface area contributed by atoms with Crippen LogP contribution in [0.4, 0.5) is 0 Å². The maximum absolute atomic E-state index is 8.00. The molecule has 2 nitrogen and oxygen atoms in total. The van der Waals surface area contributed by atoms with Gasteiger partial charge in [-0.05, 0) is 81.0 Å². The summed E-state index contributed by atoms with van der Waals surface area (Å²) in [6.07, 6.45) is 7.65. The Kier molecular flexibility index (Phi) is 23.2. The van der Waals surface area contributed by atoms with Crippen LogP contribution in [0.2, 0.25) is 0 Å². The van der Waals surface area contributed by atoms with E-state index >= 15 is 0 Å². The molecule has 0 aliphatic rings. The lowest BCUT2D eigenvalue weighted by Gasteiger charge is -2.14. The van der Waals surface area contributed by atoms with Crippen molar-refractivity contribution in [1.29, 1.82) is 0 Å². The van der Waals surface area contributed by atoms with Gasteiger partial charge < -0.3 is 4.79 Å². The van der Waals surface area contributed by atoms with E-state index in [2.05, 4.69) is 92.8 Å². The van der Waals surface area contributed by atoms with Gasteiger partial charge in [0.1, 0.15) is 6.79 Å². The number of allylic oxidation sites excluding steroid dienone is 2. The van der Waals surface area contributed by atoms with Gasteiger partial charge in [0.2, 0.25) is 0 Å². The highest BCUT2D eigenvalue weighted by Gasteiger charge is 2.11. The summed E-state index contributed by atoms with van der Waals surface area (Å²) in [5.74, 6) is 0. The van der Waals surface area contributed by atoms with Gasteiger partial charge in [0, 0.05) is 18.2 Å². The van der Waals surface area contributed by atoms with Crippen molar-refractivity contribution < 1.29 is 4.79 Å². The van der Waals surface area contributed by atoms with E-state index in [-0.39, 0.29) is 0 Å². The second kappa shape index (κ2) is 21.8. The molecule has 0 aliphatic carbocycles. The Morgan fingerprint density at radius 2 is 1.41 bits per heavy atom. The predicted molar refractivity (Wildman–Crippen MR) is 149 cm³/mol. The molecule has 0 saturated heterocycles. The largest absolute Gasteiger partial charge is 0.307 e. The molecule has 0 spiro atoms. The van der Waals surface area contributed by atoms with Crippen LogP contribution in [0.3, 0.4) is 0 Å². The molecule has 0 N–H and O–H groups in total. The van der Waals surface area contributed by atoms with Gasteiger partial charge in [-0.3, -0.25) is 4.99 Å². The second-order valence-corrected chi connectivity index (χ2v) is 6.21. The molecule has 2 aromatic rings. The molecule has 0 bridgehead atoms. The third-order valence-corrected chi connectivity index (χ3v) is 4.55. The van der Waals surface area contributed by atoms with E-state index in [1.54, 1.807) is 0 Å². The fourth-order valence-electron chi connectivity index (χ4n) is 2.79. The number of hydrogen-bond donors (Lipinski definition) is 0. The van der Waals surface area contributed by atoms with E-state index in [1.807, 2.05) is 54.5 Å². The molecular weight excluding hydrogens is 414 g/mol. The Morgan fingerprint density at radius 3 is 1.88 bits per heavy atom. The minimum atomic E-state index is 1.00. The minimum absolute atomic E-state index is 1.00. The van der Waals surface area contributed by atoms with Crippen molar-refractivity contribution in [2.75, 3.05) is 6.38 Å². The van der Waals surface area contributed by atoms with Crippen LogP contribution in [0, 0.1) is 27.7 Å². The maximum Gasteiger partial charge on any atom is 0.106 e. The molecule has 0 saturated carbocycles. The first-order chi connectivity index (χ1) is 15.5. The lowest BCUT2D eigenvalue weighted by molar-refractivity contribution is -0.0979. The average molecular weight is 458 g/mol. The second-order valence-electron chi connectivity index (χ2n) is 6.21. The normalized spacial score (nSPS) is 10.4. The summed E-state index contributed by atoms with van der Waals surface area (Å²) in [6, 6.07) is 13.1. The molecule has 0 fully saturated rings. The van der Waals surface area contributed by atoms with Gasteiger partial charge in [0.15, 0.2) is 0 Å². The fraction of sp³-hybridized carbons (Fsp3) is 0.379. The van der Waals surface area contributed by atoms with E-state index in [9.17, 15) is 0 Å². The molecule has 0 amide bonds. The Hall–Kier alpha value is -2.45. The van der Waals surface area contributed by atoms with E-state index in [0.717, 1.165) is 5.70 Å². The van der Waals surface area contributed by atoms with E-state index in [0.29, 0.717) is 0 Å². The highest BCUT2D eigenvalue weighted by molar-refractivity contribution is 6.15. The SMILES string of the molecule is C=O.CC.CC.CC=NC(=C\C)/C(=C\c1ccc(C)c(C)c1)c1cccc(C)c1C.CCl. The van der Waals surface area contributed by atoms with Gasteiger partial charge in [-0.25, -0.2) is 0 Å². The molecule has 2 rings (SSSR count).